The lowest BCUT2D eigenvalue weighted by molar-refractivity contribution is -0.387. The summed E-state index contributed by atoms with van der Waals surface area (Å²) in [6, 6.07) is 13.7. The van der Waals surface area contributed by atoms with Crippen LogP contribution in [0.2, 0.25) is 0 Å². The number of fused-ring (bicyclic) bond motifs is 1. The van der Waals surface area contributed by atoms with E-state index < -0.39 is 106 Å². The molecular formula is C40H41NO15. The van der Waals surface area contributed by atoms with E-state index in [1.807, 2.05) is 13.0 Å². The third-order valence-corrected chi connectivity index (χ3v) is 10.9. The summed E-state index contributed by atoms with van der Waals surface area (Å²) in [5, 5.41) is 101. The van der Waals surface area contributed by atoms with Gasteiger partial charge in [0.25, 0.3) is 0 Å². The third-order valence-electron chi connectivity index (χ3n) is 10.9. The number of hydrogen-bond donors (Lipinski definition) is 10. The molecule has 2 fully saturated rings. The average Bonchev–Trinajstić information content (AvgIpc) is 3.16. The zero-order valence-corrected chi connectivity index (χ0v) is 30.1. The number of aliphatic hydroxyl groups is 4. The number of benzene rings is 3. The SMILES string of the molecule is CCc1cccc(CC2C(OC(=O)C=C(O)c3ccc(O)c(O)c3)C3(OC(=O)C=Cc4ccc(O)c(O)c4)C4(CC2(O)C(=O)O)OCC(C=C4O)C3(O)NC)c1. The smallest absolute Gasteiger partial charge is 0.336 e. The summed E-state index contributed by atoms with van der Waals surface area (Å²) in [4.78, 5) is 41.3. The number of phenols is 4. The zero-order valence-electron chi connectivity index (χ0n) is 30.1. The lowest BCUT2D eigenvalue weighted by Crippen LogP contribution is -2.90. The molecule has 3 aromatic carbocycles. The van der Waals surface area contributed by atoms with E-state index in [1.54, 1.807) is 18.2 Å². The van der Waals surface area contributed by atoms with Crippen molar-refractivity contribution < 1.29 is 74.6 Å². The second kappa shape index (κ2) is 14.5. The quantitative estimate of drug-likeness (QED) is 0.0441. The molecule has 10 N–H and O–H groups in total. The second-order valence-corrected chi connectivity index (χ2v) is 14.0. The first-order valence-electron chi connectivity index (χ1n) is 17.5. The summed E-state index contributed by atoms with van der Waals surface area (Å²) in [6.07, 6.45) is 0.716. The predicted octanol–water partition coefficient (Wildman–Crippen LogP) is 2.70. The van der Waals surface area contributed by atoms with Crippen molar-refractivity contribution in [2.24, 2.45) is 11.8 Å². The van der Waals surface area contributed by atoms with Crippen molar-refractivity contribution in [1.82, 2.24) is 5.32 Å². The number of aromatic hydroxyl groups is 4. The molecule has 1 saturated carbocycles. The molecule has 4 aliphatic rings. The van der Waals surface area contributed by atoms with Gasteiger partial charge >= 0.3 is 17.9 Å². The van der Waals surface area contributed by atoms with E-state index in [9.17, 15) is 60.3 Å². The number of carboxylic acid groups (broad SMARTS) is 1. The molecule has 1 saturated heterocycles. The van der Waals surface area contributed by atoms with Gasteiger partial charge in [0.2, 0.25) is 5.60 Å². The highest BCUT2D eigenvalue weighted by atomic mass is 16.6. The molecule has 0 radical (unpaired) electrons. The first-order valence-corrected chi connectivity index (χ1v) is 17.5. The number of aryl methyl sites for hydroxylation is 1. The van der Waals surface area contributed by atoms with Crippen molar-refractivity contribution in [3.05, 3.63) is 107 Å². The fourth-order valence-electron chi connectivity index (χ4n) is 8.10. The van der Waals surface area contributed by atoms with Gasteiger partial charge in [-0.3, -0.25) is 5.32 Å². The van der Waals surface area contributed by atoms with Crippen molar-refractivity contribution in [3.8, 4) is 23.0 Å². The summed E-state index contributed by atoms with van der Waals surface area (Å²) < 4.78 is 18.3. The Bertz CT molecular complexity index is 2160. The molecule has 16 heteroatoms. The number of carbonyl (C=O) groups is 3. The molecule has 16 nitrogen and oxygen atoms in total. The Balaban J connectivity index is 1.58. The Labute approximate surface area is 319 Å². The summed E-state index contributed by atoms with van der Waals surface area (Å²) in [6.45, 7) is 1.49. The summed E-state index contributed by atoms with van der Waals surface area (Å²) in [5.41, 5.74) is -9.55. The van der Waals surface area contributed by atoms with Gasteiger partial charge < -0.3 is 60.2 Å². The van der Waals surface area contributed by atoms with Crippen molar-refractivity contribution >= 4 is 29.7 Å². The van der Waals surface area contributed by atoms with Gasteiger partial charge in [-0.15, -0.1) is 0 Å². The molecule has 2 aliphatic heterocycles. The molecule has 2 bridgehead atoms. The second-order valence-electron chi connectivity index (χ2n) is 14.0. The number of nitrogens with one attached hydrogen (secondary N) is 1. The van der Waals surface area contributed by atoms with Crippen LogP contribution in [0.4, 0.5) is 0 Å². The molecule has 0 aromatic heterocycles. The summed E-state index contributed by atoms with van der Waals surface area (Å²) >= 11 is 0. The number of likely N-dealkylation sites (N-methyl/N-ethyl adjacent to an activating group) is 1. The van der Waals surface area contributed by atoms with Gasteiger partial charge in [0, 0.05) is 24.0 Å². The molecule has 296 valence electrons. The van der Waals surface area contributed by atoms with Gasteiger partial charge in [-0.1, -0.05) is 37.3 Å². The molecule has 2 heterocycles. The van der Waals surface area contributed by atoms with Crippen LogP contribution in [0.3, 0.4) is 0 Å². The normalized spacial score (nSPS) is 29.7. The van der Waals surface area contributed by atoms with Crippen molar-refractivity contribution in [1.29, 1.82) is 0 Å². The molecule has 7 unspecified atom stereocenters. The monoisotopic (exact) mass is 775 g/mol. The van der Waals surface area contributed by atoms with Crippen LogP contribution in [0.25, 0.3) is 11.8 Å². The van der Waals surface area contributed by atoms with E-state index in [-0.39, 0.29) is 17.5 Å². The number of ether oxygens (including phenoxy) is 3. The minimum Gasteiger partial charge on any atom is -0.509 e. The Morgan fingerprint density at radius 2 is 1.57 bits per heavy atom. The molecule has 7 atom stereocenters. The van der Waals surface area contributed by atoms with Crippen LogP contribution in [0, 0.1) is 11.8 Å². The van der Waals surface area contributed by atoms with E-state index in [1.165, 1.54) is 19.2 Å². The fourth-order valence-corrected chi connectivity index (χ4v) is 8.10. The maximum atomic E-state index is 14.0. The van der Waals surface area contributed by atoms with Crippen molar-refractivity contribution in [2.75, 3.05) is 13.7 Å². The standard InChI is InChI=1S/C40H41NO15/c1-3-21-5-4-6-23(13-21)14-26-35(55-34(49)18-29(44)24-9-11-28(43)31(46)16-24)39(56-33(48)12-8-22-7-10-27(42)30(45)15-22)38(20-37(26,52)36(50)51)32(47)17-25(19-54-38)40(39,53)41-2/h4-13,15-18,25-26,35,41-47,52-53H,3,14,19-20H2,1-2H3,(H,50,51). The Hall–Kier alpha value is -6.07. The van der Waals surface area contributed by atoms with E-state index in [0.717, 1.165) is 48.0 Å². The van der Waals surface area contributed by atoms with Crippen LogP contribution in [0.5, 0.6) is 23.0 Å². The summed E-state index contributed by atoms with van der Waals surface area (Å²) in [5.74, 6) is -11.1. The highest BCUT2D eigenvalue weighted by Gasteiger charge is 2.85. The molecule has 1 spiro atoms. The number of carboxylic acids is 1. The van der Waals surface area contributed by atoms with Gasteiger partial charge in [-0.05, 0) is 79.1 Å². The number of phenolic OH excluding ortho intramolecular Hbond substituents is 4. The number of rotatable bonds is 11. The first-order chi connectivity index (χ1) is 26.4. The topological polar surface area (TPSA) is 273 Å². The minimum absolute atomic E-state index is 0.161. The zero-order chi connectivity index (χ0) is 40.8. The largest absolute Gasteiger partial charge is 0.509 e. The molecule has 7 rings (SSSR count). The predicted molar refractivity (Wildman–Crippen MR) is 195 cm³/mol. The van der Waals surface area contributed by atoms with Crippen LogP contribution in [-0.2, 0) is 41.4 Å². The fraction of sp³-hybridized carbons (Fsp3) is 0.325. The van der Waals surface area contributed by atoms with Crippen LogP contribution in [0.15, 0.2) is 84.7 Å². The lowest BCUT2D eigenvalue weighted by atomic mass is 9.49. The van der Waals surface area contributed by atoms with Crippen LogP contribution >= 0.6 is 0 Å². The van der Waals surface area contributed by atoms with E-state index >= 15 is 0 Å². The molecular weight excluding hydrogens is 734 g/mol. The highest BCUT2D eigenvalue weighted by molar-refractivity contribution is 5.91. The Morgan fingerprint density at radius 1 is 0.893 bits per heavy atom. The van der Waals surface area contributed by atoms with Gasteiger partial charge in [0.05, 0.1) is 18.6 Å². The van der Waals surface area contributed by atoms with E-state index in [0.29, 0.717) is 18.1 Å². The van der Waals surface area contributed by atoms with Gasteiger partial charge in [0.1, 0.15) is 11.5 Å². The number of aliphatic carboxylic acids is 1. The lowest BCUT2D eigenvalue weighted by Gasteiger charge is -2.69. The average molecular weight is 776 g/mol. The molecule has 0 amide bonds. The van der Waals surface area contributed by atoms with Crippen molar-refractivity contribution in [3.63, 3.8) is 0 Å². The highest BCUT2D eigenvalue weighted by Crippen LogP contribution is 2.64. The molecule has 3 aromatic rings. The maximum absolute atomic E-state index is 14.0. The van der Waals surface area contributed by atoms with E-state index in [4.69, 9.17) is 14.2 Å². The van der Waals surface area contributed by atoms with Crippen molar-refractivity contribution in [2.45, 2.75) is 54.8 Å². The van der Waals surface area contributed by atoms with Gasteiger partial charge in [-0.2, -0.15) is 0 Å². The first kappa shape index (κ1) is 39.6. The Kier molecular flexibility index (Phi) is 10.3. The number of carbonyl (C=O) groups excluding carboxylic acids is 2. The molecule has 56 heavy (non-hydrogen) atoms. The number of hydrogen-bond acceptors (Lipinski definition) is 15. The maximum Gasteiger partial charge on any atom is 0.336 e. The van der Waals surface area contributed by atoms with Gasteiger partial charge in [-0.25, -0.2) is 14.4 Å². The van der Waals surface area contributed by atoms with E-state index in [2.05, 4.69) is 5.32 Å². The summed E-state index contributed by atoms with van der Waals surface area (Å²) in [7, 11) is 1.28. The molecule has 2 aliphatic carbocycles. The van der Waals surface area contributed by atoms with Crippen LogP contribution in [0.1, 0.15) is 35.6 Å². The van der Waals surface area contributed by atoms with Crippen LogP contribution < -0.4 is 5.32 Å². The third kappa shape index (κ3) is 6.35. The number of aliphatic hydroxyl groups excluding tert-OH is 2. The van der Waals surface area contributed by atoms with Crippen LogP contribution in [-0.4, -0.2) is 106 Å². The number of esters is 2. The Morgan fingerprint density at radius 3 is 2.20 bits per heavy atom. The van der Waals surface area contributed by atoms with Gasteiger partial charge in [0.15, 0.2) is 46.0 Å². The minimum atomic E-state index is -2.93.